The van der Waals surface area contributed by atoms with E-state index in [2.05, 4.69) is 15.3 Å². The highest BCUT2D eigenvalue weighted by atomic mass is 35.5. The first-order valence-corrected chi connectivity index (χ1v) is 6.91. The van der Waals surface area contributed by atoms with Gasteiger partial charge in [-0.25, -0.2) is 9.97 Å². The van der Waals surface area contributed by atoms with Gasteiger partial charge in [-0.05, 0) is 19.1 Å². The molecule has 0 fully saturated rings. The van der Waals surface area contributed by atoms with Crippen LogP contribution in [0.5, 0.6) is 0 Å². The number of thiazole rings is 1. The molecule has 0 spiro atoms. The number of nitrogens with one attached hydrogen (secondary N) is 1. The minimum absolute atomic E-state index is 0.181. The van der Waals surface area contributed by atoms with Gasteiger partial charge in [0.2, 0.25) is 0 Å². The van der Waals surface area contributed by atoms with Crippen molar-refractivity contribution in [2.45, 2.75) is 13.3 Å². The highest BCUT2D eigenvalue weighted by Crippen LogP contribution is 2.20. The Balaban J connectivity index is 1.97. The summed E-state index contributed by atoms with van der Waals surface area (Å²) in [5, 5.41) is 6.11. The van der Waals surface area contributed by atoms with Gasteiger partial charge in [-0.3, -0.25) is 4.79 Å². The Morgan fingerprint density at radius 2 is 2.37 bits per heavy atom. The van der Waals surface area contributed by atoms with Crippen molar-refractivity contribution in [3.63, 3.8) is 0 Å². The van der Waals surface area contributed by atoms with Crippen LogP contribution in [0.3, 0.4) is 0 Å². The second-order valence-corrected chi connectivity index (χ2v) is 4.91. The van der Waals surface area contributed by atoms with Crippen molar-refractivity contribution in [1.29, 1.82) is 0 Å². The van der Waals surface area contributed by atoms with Crippen LogP contribution >= 0.6 is 22.9 Å². The number of halogens is 1. The summed E-state index contributed by atoms with van der Waals surface area (Å²) in [4.78, 5) is 19.7. The molecule has 2 aromatic heterocycles. The zero-order chi connectivity index (χ0) is 13.7. The van der Waals surface area contributed by atoms with E-state index in [1.807, 2.05) is 5.38 Å². The Hall–Kier alpha value is -1.66. The lowest BCUT2D eigenvalue weighted by Crippen LogP contribution is -2.07. The third-order valence-electron chi connectivity index (χ3n) is 2.14. The van der Waals surface area contributed by atoms with Crippen LogP contribution in [0.25, 0.3) is 0 Å². The highest BCUT2D eigenvalue weighted by molar-refractivity contribution is 7.13. The van der Waals surface area contributed by atoms with Gasteiger partial charge >= 0.3 is 5.97 Å². The van der Waals surface area contributed by atoms with E-state index in [1.165, 1.54) is 11.3 Å². The Morgan fingerprint density at radius 3 is 3.05 bits per heavy atom. The van der Waals surface area contributed by atoms with Crippen molar-refractivity contribution < 1.29 is 9.53 Å². The van der Waals surface area contributed by atoms with Gasteiger partial charge in [-0.1, -0.05) is 11.6 Å². The zero-order valence-electron chi connectivity index (χ0n) is 10.2. The monoisotopic (exact) mass is 297 g/mol. The number of carbonyl (C=O) groups excluding carboxylic acids is 1. The smallest absolute Gasteiger partial charge is 0.311 e. The minimum atomic E-state index is -0.274. The number of nitrogens with zero attached hydrogens (tertiary/aromatic N) is 2. The molecule has 19 heavy (non-hydrogen) atoms. The fourth-order valence-electron chi connectivity index (χ4n) is 1.36. The Kier molecular flexibility index (Phi) is 4.70. The van der Waals surface area contributed by atoms with Crippen LogP contribution in [0.1, 0.15) is 12.6 Å². The van der Waals surface area contributed by atoms with E-state index < -0.39 is 0 Å². The summed E-state index contributed by atoms with van der Waals surface area (Å²) in [5.74, 6) is 0.380. The van der Waals surface area contributed by atoms with Crippen molar-refractivity contribution in [2.24, 2.45) is 0 Å². The van der Waals surface area contributed by atoms with Gasteiger partial charge in [0.05, 0.1) is 23.7 Å². The van der Waals surface area contributed by atoms with Crippen LogP contribution in [0.2, 0.25) is 5.02 Å². The molecule has 2 heterocycles. The molecule has 7 heteroatoms. The molecule has 0 aliphatic rings. The maximum Gasteiger partial charge on any atom is 0.311 e. The van der Waals surface area contributed by atoms with Gasteiger partial charge in [0.25, 0.3) is 0 Å². The third-order valence-corrected chi connectivity index (χ3v) is 3.18. The number of rotatable bonds is 5. The van der Waals surface area contributed by atoms with Crippen LogP contribution in [-0.2, 0) is 16.0 Å². The summed E-state index contributed by atoms with van der Waals surface area (Å²) >= 11 is 7.16. The average molecular weight is 298 g/mol. The van der Waals surface area contributed by atoms with Crippen LogP contribution in [0.15, 0.2) is 23.7 Å². The molecule has 0 aliphatic heterocycles. The van der Waals surface area contributed by atoms with Gasteiger partial charge in [0, 0.05) is 11.6 Å². The number of hydrogen-bond acceptors (Lipinski definition) is 6. The molecule has 0 aliphatic carbocycles. The number of aromatic nitrogens is 2. The lowest BCUT2D eigenvalue weighted by molar-refractivity contribution is -0.142. The molecule has 100 valence electrons. The van der Waals surface area contributed by atoms with E-state index in [1.54, 1.807) is 25.3 Å². The van der Waals surface area contributed by atoms with E-state index >= 15 is 0 Å². The van der Waals surface area contributed by atoms with E-state index in [4.69, 9.17) is 16.3 Å². The quantitative estimate of drug-likeness (QED) is 0.859. The number of anilines is 2. The number of esters is 1. The van der Waals surface area contributed by atoms with E-state index in [9.17, 15) is 4.79 Å². The second kappa shape index (κ2) is 6.49. The molecule has 0 unspecified atom stereocenters. The summed E-state index contributed by atoms with van der Waals surface area (Å²) in [6, 6.07) is 3.50. The van der Waals surface area contributed by atoms with Crippen molar-refractivity contribution in [3.05, 3.63) is 34.4 Å². The third kappa shape index (κ3) is 4.18. The molecule has 1 N–H and O–H groups in total. The molecule has 0 radical (unpaired) electrons. The first-order valence-electron chi connectivity index (χ1n) is 5.66. The van der Waals surface area contributed by atoms with Gasteiger partial charge in [-0.15, -0.1) is 11.3 Å². The molecular formula is C12H12ClN3O2S. The predicted octanol–water partition coefficient (Wildman–Crippen LogP) is 3.04. The average Bonchev–Trinajstić information content (AvgIpc) is 2.80. The molecule has 0 saturated heterocycles. The van der Waals surface area contributed by atoms with Crippen molar-refractivity contribution in [3.8, 4) is 0 Å². The second-order valence-electron chi connectivity index (χ2n) is 3.61. The van der Waals surface area contributed by atoms with E-state index in [0.717, 1.165) is 0 Å². The fraction of sp³-hybridized carbons (Fsp3) is 0.250. The van der Waals surface area contributed by atoms with Crippen LogP contribution in [0.4, 0.5) is 10.9 Å². The topological polar surface area (TPSA) is 64.1 Å². The molecule has 0 atom stereocenters. The molecule has 0 saturated carbocycles. The van der Waals surface area contributed by atoms with Crippen molar-refractivity contribution >= 4 is 39.9 Å². The molecule has 0 amide bonds. The number of hydrogen-bond donors (Lipinski definition) is 1. The highest BCUT2D eigenvalue weighted by Gasteiger charge is 2.08. The van der Waals surface area contributed by atoms with E-state index in [0.29, 0.717) is 28.3 Å². The number of pyridine rings is 1. The normalized spacial score (nSPS) is 10.2. The minimum Gasteiger partial charge on any atom is -0.466 e. The molecule has 2 rings (SSSR count). The molecular weight excluding hydrogens is 286 g/mol. The Morgan fingerprint density at radius 1 is 1.53 bits per heavy atom. The van der Waals surface area contributed by atoms with Gasteiger partial charge in [-0.2, -0.15) is 0 Å². The van der Waals surface area contributed by atoms with Gasteiger partial charge in [0.15, 0.2) is 5.13 Å². The maximum absolute atomic E-state index is 11.3. The lowest BCUT2D eigenvalue weighted by atomic mass is 10.3. The SMILES string of the molecule is CCOC(=O)Cc1csc(Nc2ccc(Cl)cn2)n1. The zero-order valence-corrected chi connectivity index (χ0v) is 11.8. The summed E-state index contributed by atoms with van der Waals surface area (Å²) in [6.07, 6.45) is 1.73. The molecule has 2 aromatic rings. The Labute approximate surface area is 119 Å². The Bertz CT molecular complexity index is 556. The van der Waals surface area contributed by atoms with Crippen molar-refractivity contribution in [2.75, 3.05) is 11.9 Å². The van der Waals surface area contributed by atoms with Crippen LogP contribution < -0.4 is 5.32 Å². The number of carbonyl (C=O) groups is 1. The largest absolute Gasteiger partial charge is 0.466 e. The molecule has 5 nitrogen and oxygen atoms in total. The van der Waals surface area contributed by atoms with E-state index in [-0.39, 0.29) is 12.4 Å². The number of ether oxygens (including phenoxy) is 1. The fourth-order valence-corrected chi connectivity index (χ4v) is 2.19. The summed E-state index contributed by atoms with van der Waals surface area (Å²) < 4.78 is 4.86. The van der Waals surface area contributed by atoms with Gasteiger partial charge < -0.3 is 10.1 Å². The van der Waals surface area contributed by atoms with Crippen LogP contribution in [-0.4, -0.2) is 22.5 Å². The molecule has 0 bridgehead atoms. The summed E-state index contributed by atoms with van der Waals surface area (Å²) in [7, 11) is 0. The lowest BCUT2D eigenvalue weighted by Gasteiger charge is -2.01. The van der Waals surface area contributed by atoms with Crippen LogP contribution in [0, 0.1) is 0 Å². The summed E-state index contributed by atoms with van der Waals surface area (Å²) in [6.45, 7) is 2.15. The van der Waals surface area contributed by atoms with Gasteiger partial charge in [0.1, 0.15) is 5.82 Å². The maximum atomic E-state index is 11.3. The predicted molar refractivity (Wildman–Crippen MR) is 75.0 cm³/mol. The first kappa shape index (κ1) is 13.8. The van der Waals surface area contributed by atoms with Crippen molar-refractivity contribution in [1.82, 2.24) is 9.97 Å². The standard InChI is InChI=1S/C12H12ClN3O2S/c1-2-18-11(17)5-9-7-19-12(15-9)16-10-4-3-8(13)6-14-10/h3-4,6-7H,2,5H2,1H3,(H,14,15,16). The first-order chi connectivity index (χ1) is 9.17. The molecule has 0 aromatic carbocycles. The summed E-state index contributed by atoms with van der Waals surface area (Å²) in [5.41, 5.74) is 0.680.